The standard InChI is InChI=1S/C18H24N4O3/c1-4-24-18(23)22-10-8-21(9-11-22)14(3)16-19-20-17(25-16)15-7-5-6-13(2)12-15/h5-7,12,14H,4,8-11H2,1-3H3/p+1/t14-/m1/s1. The number of aromatic nitrogens is 2. The lowest BCUT2D eigenvalue weighted by Crippen LogP contribution is -3.14. The number of hydrogen-bond donors (Lipinski definition) is 1. The van der Waals surface area contributed by atoms with E-state index in [9.17, 15) is 4.79 Å². The van der Waals surface area contributed by atoms with Crippen molar-refractivity contribution >= 4 is 6.09 Å². The van der Waals surface area contributed by atoms with Gasteiger partial charge in [0.1, 0.15) is 0 Å². The summed E-state index contributed by atoms with van der Waals surface area (Å²) in [5.41, 5.74) is 2.10. The molecule has 3 rings (SSSR count). The molecule has 0 radical (unpaired) electrons. The fraction of sp³-hybridized carbons (Fsp3) is 0.500. The van der Waals surface area contributed by atoms with Crippen molar-refractivity contribution in [1.29, 1.82) is 0 Å². The van der Waals surface area contributed by atoms with Crippen LogP contribution in [-0.4, -0.2) is 54.0 Å². The monoisotopic (exact) mass is 345 g/mol. The third-order valence-corrected chi connectivity index (χ3v) is 4.62. The van der Waals surface area contributed by atoms with Gasteiger partial charge >= 0.3 is 6.09 Å². The summed E-state index contributed by atoms with van der Waals surface area (Å²) in [6, 6.07) is 8.12. The van der Waals surface area contributed by atoms with Crippen molar-refractivity contribution < 1.29 is 18.8 Å². The summed E-state index contributed by atoms with van der Waals surface area (Å²) in [7, 11) is 0. The quantitative estimate of drug-likeness (QED) is 0.908. The van der Waals surface area contributed by atoms with Crippen LogP contribution in [0, 0.1) is 6.92 Å². The highest BCUT2D eigenvalue weighted by molar-refractivity contribution is 5.67. The molecule has 25 heavy (non-hydrogen) atoms. The van der Waals surface area contributed by atoms with Crippen LogP contribution in [0.3, 0.4) is 0 Å². The molecule has 1 saturated heterocycles. The lowest BCUT2D eigenvalue weighted by atomic mass is 10.1. The number of ether oxygens (including phenoxy) is 1. The third-order valence-electron chi connectivity index (χ3n) is 4.62. The van der Waals surface area contributed by atoms with E-state index in [2.05, 4.69) is 17.1 Å². The molecular formula is C18H25N4O3+. The highest BCUT2D eigenvalue weighted by Gasteiger charge is 2.31. The van der Waals surface area contributed by atoms with Crippen LogP contribution in [0.1, 0.15) is 31.3 Å². The van der Waals surface area contributed by atoms with E-state index in [1.165, 1.54) is 4.90 Å². The van der Waals surface area contributed by atoms with Crippen molar-refractivity contribution in [3.05, 3.63) is 35.7 Å². The molecule has 0 bridgehead atoms. The Balaban J connectivity index is 1.63. The van der Waals surface area contributed by atoms with Crippen molar-refractivity contribution in [2.45, 2.75) is 26.8 Å². The molecule has 7 nitrogen and oxygen atoms in total. The van der Waals surface area contributed by atoms with E-state index in [1.807, 2.05) is 38.1 Å². The number of amides is 1. The van der Waals surface area contributed by atoms with Gasteiger partial charge in [-0.05, 0) is 32.9 Å². The molecule has 1 amide bonds. The fourth-order valence-electron chi connectivity index (χ4n) is 3.10. The zero-order chi connectivity index (χ0) is 17.8. The van der Waals surface area contributed by atoms with Crippen LogP contribution in [0.4, 0.5) is 4.79 Å². The van der Waals surface area contributed by atoms with Gasteiger partial charge in [-0.2, -0.15) is 0 Å². The number of piperazine rings is 1. The molecule has 1 aliphatic heterocycles. The summed E-state index contributed by atoms with van der Waals surface area (Å²) < 4.78 is 11.0. The largest absolute Gasteiger partial charge is 0.450 e. The number of aryl methyl sites for hydroxylation is 1. The summed E-state index contributed by atoms with van der Waals surface area (Å²) in [6.07, 6.45) is -0.228. The molecule has 134 valence electrons. The van der Waals surface area contributed by atoms with Crippen LogP contribution >= 0.6 is 0 Å². The molecule has 1 N–H and O–H groups in total. The number of nitrogens with one attached hydrogen (secondary N) is 1. The lowest BCUT2D eigenvalue weighted by molar-refractivity contribution is -0.934. The Bertz CT molecular complexity index is 723. The topological polar surface area (TPSA) is 72.9 Å². The maximum absolute atomic E-state index is 11.8. The summed E-state index contributed by atoms with van der Waals surface area (Å²) in [4.78, 5) is 14.9. The summed E-state index contributed by atoms with van der Waals surface area (Å²) >= 11 is 0. The van der Waals surface area contributed by atoms with Gasteiger partial charge in [-0.15, -0.1) is 10.2 Å². The minimum atomic E-state index is -0.228. The molecule has 2 aromatic rings. The minimum absolute atomic E-state index is 0.0930. The zero-order valence-electron chi connectivity index (χ0n) is 15.0. The summed E-state index contributed by atoms with van der Waals surface area (Å²) in [5, 5.41) is 8.43. The first-order chi connectivity index (χ1) is 12.1. The number of carbonyl (C=O) groups is 1. The van der Waals surface area contributed by atoms with Crippen LogP contribution in [0.5, 0.6) is 0 Å². The number of rotatable bonds is 4. The Morgan fingerprint density at radius 3 is 2.80 bits per heavy atom. The molecule has 0 spiro atoms. The van der Waals surface area contributed by atoms with Crippen molar-refractivity contribution in [1.82, 2.24) is 15.1 Å². The Morgan fingerprint density at radius 1 is 1.36 bits per heavy atom. The third kappa shape index (κ3) is 3.99. The number of carbonyl (C=O) groups excluding carboxylic acids is 1. The molecule has 2 heterocycles. The van der Waals surface area contributed by atoms with Crippen LogP contribution in [0.25, 0.3) is 11.5 Å². The van der Waals surface area contributed by atoms with E-state index in [4.69, 9.17) is 9.15 Å². The molecule has 0 saturated carbocycles. The second-order valence-electron chi connectivity index (χ2n) is 6.38. The smallest absolute Gasteiger partial charge is 0.410 e. The zero-order valence-corrected chi connectivity index (χ0v) is 15.0. The maximum atomic E-state index is 11.8. The highest BCUT2D eigenvalue weighted by atomic mass is 16.6. The molecule has 7 heteroatoms. The fourth-order valence-corrected chi connectivity index (χ4v) is 3.10. The van der Waals surface area contributed by atoms with Crippen molar-refractivity contribution in [3.63, 3.8) is 0 Å². The Kier molecular flexibility index (Phi) is 5.33. The van der Waals surface area contributed by atoms with E-state index in [1.54, 1.807) is 4.90 Å². The summed E-state index contributed by atoms with van der Waals surface area (Å²) in [6.45, 7) is 9.38. The second kappa shape index (κ2) is 7.65. The van der Waals surface area contributed by atoms with Gasteiger partial charge in [0.25, 0.3) is 5.89 Å². The normalized spacial score (nSPS) is 16.7. The van der Waals surface area contributed by atoms with Gasteiger partial charge in [-0.25, -0.2) is 4.79 Å². The molecule has 1 aliphatic rings. The van der Waals surface area contributed by atoms with Crippen molar-refractivity contribution in [2.24, 2.45) is 0 Å². The van der Waals surface area contributed by atoms with E-state index in [0.717, 1.165) is 24.2 Å². The number of benzene rings is 1. The molecule has 1 fully saturated rings. The van der Waals surface area contributed by atoms with Gasteiger partial charge in [0.05, 0.1) is 32.8 Å². The first-order valence-corrected chi connectivity index (χ1v) is 8.75. The van der Waals surface area contributed by atoms with E-state index < -0.39 is 0 Å². The van der Waals surface area contributed by atoms with Gasteiger partial charge in [-0.3, -0.25) is 4.90 Å². The SMILES string of the molecule is CCOC(=O)N1CC[NH+]([C@H](C)c2nnc(-c3cccc(C)c3)o2)CC1. The first-order valence-electron chi connectivity index (χ1n) is 8.75. The summed E-state index contributed by atoms with van der Waals surface area (Å²) in [5.74, 6) is 1.19. The van der Waals surface area contributed by atoms with Crippen molar-refractivity contribution in [3.8, 4) is 11.5 Å². The Hall–Kier alpha value is -2.41. The van der Waals surface area contributed by atoms with Gasteiger partial charge in [-0.1, -0.05) is 17.7 Å². The van der Waals surface area contributed by atoms with Crippen molar-refractivity contribution in [2.75, 3.05) is 32.8 Å². The van der Waals surface area contributed by atoms with E-state index in [0.29, 0.717) is 31.5 Å². The van der Waals surface area contributed by atoms with Gasteiger partial charge in [0.2, 0.25) is 5.89 Å². The van der Waals surface area contributed by atoms with Gasteiger partial charge in [0.15, 0.2) is 6.04 Å². The van der Waals surface area contributed by atoms with Gasteiger partial charge in [0, 0.05) is 5.56 Å². The predicted octanol–water partition coefficient (Wildman–Crippen LogP) is 1.46. The van der Waals surface area contributed by atoms with Gasteiger partial charge < -0.3 is 14.1 Å². The number of hydrogen-bond acceptors (Lipinski definition) is 5. The van der Waals surface area contributed by atoms with Crippen LogP contribution in [0.15, 0.2) is 28.7 Å². The average Bonchev–Trinajstić information content (AvgIpc) is 3.11. The van der Waals surface area contributed by atoms with E-state index in [-0.39, 0.29) is 12.1 Å². The molecule has 1 aromatic heterocycles. The predicted molar refractivity (Wildman–Crippen MR) is 92.2 cm³/mol. The Labute approximate surface area is 147 Å². The molecule has 0 aliphatic carbocycles. The second-order valence-corrected chi connectivity index (χ2v) is 6.38. The maximum Gasteiger partial charge on any atom is 0.410 e. The van der Waals surface area contributed by atoms with Crippen LogP contribution in [0.2, 0.25) is 0 Å². The number of quaternary nitrogens is 1. The van der Waals surface area contributed by atoms with Crippen LogP contribution < -0.4 is 4.90 Å². The Morgan fingerprint density at radius 2 is 2.12 bits per heavy atom. The molecule has 0 unspecified atom stereocenters. The number of nitrogens with zero attached hydrogens (tertiary/aromatic N) is 3. The minimum Gasteiger partial charge on any atom is -0.450 e. The highest BCUT2D eigenvalue weighted by Crippen LogP contribution is 2.20. The first kappa shape index (κ1) is 17.4. The van der Waals surface area contributed by atoms with E-state index >= 15 is 0 Å². The molecule has 1 atom stereocenters. The van der Waals surface area contributed by atoms with Crippen LogP contribution in [-0.2, 0) is 4.74 Å². The average molecular weight is 345 g/mol. The lowest BCUT2D eigenvalue weighted by Gasteiger charge is -2.33. The molecule has 1 aromatic carbocycles. The molecular weight excluding hydrogens is 320 g/mol.